The number of nitrogens with one attached hydrogen (secondary N) is 2. The van der Waals surface area contributed by atoms with Crippen molar-refractivity contribution >= 4 is 29.1 Å². The van der Waals surface area contributed by atoms with Crippen LogP contribution in [-0.2, 0) is 9.59 Å². The van der Waals surface area contributed by atoms with Crippen LogP contribution < -0.4 is 10.6 Å². The highest BCUT2D eigenvalue weighted by Gasteiger charge is 2.37. The molecule has 0 spiro atoms. The SMILES string of the molecule is CC(C)(C(=O)Nc1ccc(F)c(Cl)c1)C(=O)NC1CCCCC1. The first-order chi connectivity index (χ1) is 10.8. The van der Waals surface area contributed by atoms with Crippen LogP contribution in [0.3, 0.4) is 0 Å². The summed E-state index contributed by atoms with van der Waals surface area (Å²) in [7, 11) is 0. The number of rotatable bonds is 4. The zero-order chi connectivity index (χ0) is 17.0. The number of amides is 2. The van der Waals surface area contributed by atoms with Crippen molar-refractivity contribution in [3.63, 3.8) is 0 Å². The van der Waals surface area contributed by atoms with Crippen molar-refractivity contribution in [2.45, 2.75) is 52.0 Å². The molecule has 1 aliphatic carbocycles. The van der Waals surface area contributed by atoms with Gasteiger partial charge in [-0.1, -0.05) is 30.9 Å². The number of anilines is 1. The van der Waals surface area contributed by atoms with Gasteiger partial charge in [0.05, 0.1) is 5.02 Å². The second-order valence-electron chi connectivity index (χ2n) is 6.52. The summed E-state index contributed by atoms with van der Waals surface area (Å²) in [5, 5.41) is 5.50. The number of carbonyl (C=O) groups excluding carboxylic acids is 2. The average Bonchev–Trinajstić information content (AvgIpc) is 2.51. The standard InChI is InChI=1S/C17H22ClFN2O2/c1-17(2,15(22)20-11-6-4-3-5-7-11)16(23)21-12-8-9-14(19)13(18)10-12/h8-11H,3-7H2,1-2H3,(H,20,22)(H,21,23). The van der Waals surface area contributed by atoms with Gasteiger partial charge in [0.15, 0.2) is 0 Å². The van der Waals surface area contributed by atoms with Crippen molar-refractivity contribution in [1.82, 2.24) is 5.32 Å². The van der Waals surface area contributed by atoms with Gasteiger partial charge in [-0.2, -0.15) is 0 Å². The molecular weight excluding hydrogens is 319 g/mol. The minimum Gasteiger partial charge on any atom is -0.352 e. The first-order valence-electron chi connectivity index (χ1n) is 7.88. The fourth-order valence-corrected chi connectivity index (χ4v) is 2.76. The summed E-state index contributed by atoms with van der Waals surface area (Å²) in [6, 6.07) is 4.05. The molecule has 23 heavy (non-hydrogen) atoms. The molecule has 0 radical (unpaired) electrons. The number of benzene rings is 1. The Morgan fingerprint density at radius 2 is 1.83 bits per heavy atom. The molecule has 0 aromatic heterocycles. The van der Waals surface area contributed by atoms with E-state index in [1.807, 2.05) is 0 Å². The van der Waals surface area contributed by atoms with E-state index in [1.165, 1.54) is 24.6 Å². The molecule has 0 aliphatic heterocycles. The number of carbonyl (C=O) groups is 2. The molecule has 0 saturated heterocycles. The van der Waals surface area contributed by atoms with E-state index in [4.69, 9.17) is 11.6 Å². The van der Waals surface area contributed by atoms with Gasteiger partial charge in [0.25, 0.3) is 0 Å². The van der Waals surface area contributed by atoms with Crippen LogP contribution in [-0.4, -0.2) is 17.9 Å². The Morgan fingerprint density at radius 1 is 1.17 bits per heavy atom. The highest BCUT2D eigenvalue weighted by Crippen LogP contribution is 2.24. The lowest BCUT2D eigenvalue weighted by Crippen LogP contribution is -2.49. The first kappa shape index (κ1) is 17.7. The maximum Gasteiger partial charge on any atom is 0.239 e. The predicted molar refractivity (Wildman–Crippen MR) is 88.8 cm³/mol. The minimum atomic E-state index is -1.22. The molecule has 2 rings (SSSR count). The molecule has 0 bridgehead atoms. The van der Waals surface area contributed by atoms with Crippen molar-refractivity contribution in [3.05, 3.63) is 29.0 Å². The molecule has 2 N–H and O–H groups in total. The quantitative estimate of drug-likeness (QED) is 0.817. The van der Waals surface area contributed by atoms with E-state index < -0.39 is 17.1 Å². The Balaban J connectivity index is 2.00. The number of hydrogen-bond donors (Lipinski definition) is 2. The summed E-state index contributed by atoms with van der Waals surface area (Å²) in [6.07, 6.45) is 5.31. The van der Waals surface area contributed by atoms with E-state index in [1.54, 1.807) is 13.8 Å². The van der Waals surface area contributed by atoms with Crippen LogP contribution in [0.1, 0.15) is 46.0 Å². The normalized spacial score (nSPS) is 16.0. The second-order valence-corrected chi connectivity index (χ2v) is 6.92. The third kappa shape index (κ3) is 4.44. The molecule has 1 aromatic rings. The first-order valence-corrected chi connectivity index (χ1v) is 8.26. The van der Waals surface area contributed by atoms with Crippen LogP contribution in [0.25, 0.3) is 0 Å². The van der Waals surface area contributed by atoms with E-state index >= 15 is 0 Å². The van der Waals surface area contributed by atoms with Crippen LogP contribution in [0.2, 0.25) is 5.02 Å². The van der Waals surface area contributed by atoms with Crippen molar-refractivity contribution < 1.29 is 14.0 Å². The summed E-state index contributed by atoms with van der Waals surface area (Å²) in [6.45, 7) is 3.15. The zero-order valence-corrected chi connectivity index (χ0v) is 14.2. The number of halogens is 2. The molecular formula is C17H22ClFN2O2. The van der Waals surface area contributed by atoms with Crippen molar-refractivity contribution in [2.75, 3.05) is 5.32 Å². The molecule has 6 heteroatoms. The lowest BCUT2D eigenvalue weighted by Gasteiger charge is -2.28. The Bertz CT molecular complexity index is 598. The van der Waals surface area contributed by atoms with Gasteiger partial charge >= 0.3 is 0 Å². The lowest BCUT2D eigenvalue weighted by atomic mass is 9.88. The summed E-state index contributed by atoms with van der Waals surface area (Å²) < 4.78 is 13.2. The molecule has 126 valence electrons. The summed E-state index contributed by atoms with van der Waals surface area (Å²) in [5.41, 5.74) is -0.863. The Labute approximate surface area is 140 Å². The summed E-state index contributed by atoms with van der Waals surface area (Å²) in [5.74, 6) is -1.30. The van der Waals surface area contributed by atoms with Crippen LogP contribution >= 0.6 is 11.6 Å². The maximum atomic E-state index is 13.2. The molecule has 1 fully saturated rings. The van der Waals surface area contributed by atoms with Gasteiger partial charge in [-0.25, -0.2) is 4.39 Å². The number of hydrogen-bond acceptors (Lipinski definition) is 2. The van der Waals surface area contributed by atoms with Crippen LogP contribution in [0, 0.1) is 11.2 Å². The zero-order valence-electron chi connectivity index (χ0n) is 13.4. The monoisotopic (exact) mass is 340 g/mol. The van der Waals surface area contributed by atoms with Crippen molar-refractivity contribution in [3.8, 4) is 0 Å². The van der Waals surface area contributed by atoms with E-state index in [0.717, 1.165) is 25.7 Å². The van der Waals surface area contributed by atoms with E-state index in [9.17, 15) is 14.0 Å². The third-order valence-electron chi connectivity index (χ3n) is 4.25. The van der Waals surface area contributed by atoms with Crippen molar-refractivity contribution in [1.29, 1.82) is 0 Å². The second kappa shape index (κ2) is 7.30. The fourth-order valence-electron chi connectivity index (χ4n) is 2.58. The molecule has 1 aliphatic rings. The molecule has 1 aromatic carbocycles. The molecule has 0 unspecified atom stereocenters. The topological polar surface area (TPSA) is 58.2 Å². The van der Waals surface area contributed by atoms with Gasteiger partial charge in [0.2, 0.25) is 11.8 Å². The van der Waals surface area contributed by atoms with E-state index in [0.29, 0.717) is 5.69 Å². The Kier molecular flexibility index (Phi) is 5.63. The van der Waals surface area contributed by atoms with Gasteiger partial charge < -0.3 is 10.6 Å². The van der Waals surface area contributed by atoms with Gasteiger partial charge in [0.1, 0.15) is 11.2 Å². The third-order valence-corrected chi connectivity index (χ3v) is 4.54. The van der Waals surface area contributed by atoms with Crippen LogP contribution in [0.4, 0.5) is 10.1 Å². The lowest BCUT2D eigenvalue weighted by molar-refractivity contribution is -0.139. The van der Waals surface area contributed by atoms with Gasteiger partial charge in [-0.3, -0.25) is 9.59 Å². The smallest absolute Gasteiger partial charge is 0.239 e. The molecule has 1 saturated carbocycles. The largest absolute Gasteiger partial charge is 0.352 e. The minimum absolute atomic E-state index is 0.0766. The van der Waals surface area contributed by atoms with Crippen LogP contribution in [0.15, 0.2) is 18.2 Å². The van der Waals surface area contributed by atoms with E-state index in [2.05, 4.69) is 10.6 Å². The molecule has 4 nitrogen and oxygen atoms in total. The highest BCUT2D eigenvalue weighted by atomic mass is 35.5. The molecule has 0 heterocycles. The van der Waals surface area contributed by atoms with Gasteiger partial charge in [-0.05, 0) is 44.9 Å². The fraction of sp³-hybridized carbons (Fsp3) is 0.529. The van der Waals surface area contributed by atoms with Crippen molar-refractivity contribution in [2.24, 2.45) is 5.41 Å². The van der Waals surface area contributed by atoms with E-state index in [-0.39, 0.29) is 17.0 Å². The molecule has 0 atom stereocenters. The summed E-state index contributed by atoms with van der Waals surface area (Å²) in [4.78, 5) is 24.8. The van der Waals surface area contributed by atoms with Crippen LogP contribution in [0.5, 0.6) is 0 Å². The maximum absolute atomic E-state index is 13.2. The predicted octanol–water partition coefficient (Wildman–Crippen LogP) is 3.89. The Morgan fingerprint density at radius 3 is 2.43 bits per heavy atom. The van der Waals surface area contributed by atoms with Gasteiger partial charge in [-0.15, -0.1) is 0 Å². The average molecular weight is 341 g/mol. The molecule has 2 amide bonds. The highest BCUT2D eigenvalue weighted by molar-refractivity contribution is 6.31. The summed E-state index contributed by atoms with van der Waals surface area (Å²) >= 11 is 5.70. The van der Waals surface area contributed by atoms with Gasteiger partial charge in [0, 0.05) is 11.7 Å². The Hall–Kier alpha value is -1.62.